The van der Waals surface area contributed by atoms with Crippen molar-refractivity contribution in [2.24, 2.45) is 5.92 Å². The fourth-order valence-electron chi connectivity index (χ4n) is 2.07. The van der Waals surface area contributed by atoms with Crippen molar-refractivity contribution in [3.63, 3.8) is 0 Å². The second-order valence-corrected chi connectivity index (χ2v) is 6.60. The number of halogens is 1. The van der Waals surface area contributed by atoms with E-state index in [1.165, 1.54) is 18.3 Å². The maximum Gasteiger partial charge on any atom is 0.307 e. The van der Waals surface area contributed by atoms with E-state index in [2.05, 4.69) is 4.98 Å². The van der Waals surface area contributed by atoms with Crippen LogP contribution in [0.3, 0.4) is 0 Å². The Balaban J connectivity index is 2.30. The van der Waals surface area contributed by atoms with Crippen LogP contribution in [0.1, 0.15) is 12.8 Å². The Kier molecular flexibility index (Phi) is 4.07. The summed E-state index contributed by atoms with van der Waals surface area (Å²) < 4.78 is 25.9. The minimum absolute atomic E-state index is 0.0249. The summed E-state index contributed by atoms with van der Waals surface area (Å²) in [5.74, 6) is -1.64. The summed E-state index contributed by atoms with van der Waals surface area (Å²) in [4.78, 5) is 14.6. The molecule has 0 spiro atoms. The summed E-state index contributed by atoms with van der Waals surface area (Å²) in [6.45, 7) is 0.278. The molecule has 1 aromatic rings. The fourth-order valence-corrected chi connectivity index (χ4v) is 4.02. The number of rotatable bonds is 3. The van der Waals surface area contributed by atoms with Gasteiger partial charge in [0.25, 0.3) is 0 Å². The van der Waals surface area contributed by atoms with Gasteiger partial charge in [0.15, 0.2) is 0 Å². The number of piperidine rings is 1. The molecule has 0 saturated carbocycles. The lowest BCUT2D eigenvalue weighted by Gasteiger charge is -2.29. The van der Waals surface area contributed by atoms with E-state index in [-0.39, 0.29) is 16.6 Å². The Morgan fingerprint density at radius 1 is 1.53 bits per heavy atom. The Bertz CT molecular complexity index is 590. The Morgan fingerprint density at radius 2 is 2.26 bits per heavy atom. The summed E-state index contributed by atoms with van der Waals surface area (Å²) in [7, 11) is -3.78. The SMILES string of the molecule is O=C(O)[C@@H]1CCCN(S(=O)(=O)c2cccnc2Cl)C1. The van der Waals surface area contributed by atoms with Crippen molar-refractivity contribution in [2.45, 2.75) is 17.7 Å². The van der Waals surface area contributed by atoms with Crippen LogP contribution in [0, 0.1) is 5.92 Å². The third-order valence-electron chi connectivity index (χ3n) is 3.08. The highest BCUT2D eigenvalue weighted by Crippen LogP contribution is 2.26. The summed E-state index contributed by atoms with van der Waals surface area (Å²) in [5, 5.41) is 8.89. The lowest BCUT2D eigenvalue weighted by molar-refractivity contribution is -0.142. The number of carboxylic acids is 1. The molecule has 0 unspecified atom stereocenters. The molecule has 0 radical (unpaired) electrons. The van der Waals surface area contributed by atoms with Gasteiger partial charge in [-0.25, -0.2) is 13.4 Å². The largest absolute Gasteiger partial charge is 0.481 e. The molecule has 2 heterocycles. The van der Waals surface area contributed by atoms with Gasteiger partial charge < -0.3 is 5.11 Å². The molecule has 1 aliphatic rings. The number of carbonyl (C=O) groups is 1. The molecular formula is C11H13ClN2O4S. The quantitative estimate of drug-likeness (QED) is 0.848. The predicted octanol–water partition coefficient (Wildman–Crippen LogP) is 1.22. The zero-order valence-corrected chi connectivity index (χ0v) is 11.6. The van der Waals surface area contributed by atoms with E-state index in [4.69, 9.17) is 16.7 Å². The van der Waals surface area contributed by atoms with Gasteiger partial charge in [-0.05, 0) is 25.0 Å². The zero-order valence-electron chi connectivity index (χ0n) is 9.99. The van der Waals surface area contributed by atoms with Crippen LogP contribution in [-0.4, -0.2) is 41.9 Å². The van der Waals surface area contributed by atoms with Crippen molar-refractivity contribution in [3.05, 3.63) is 23.5 Å². The van der Waals surface area contributed by atoms with E-state index >= 15 is 0 Å². The molecule has 1 aromatic heterocycles. The number of hydrogen-bond donors (Lipinski definition) is 1. The number of sulfonamides is 1. The summed E-state index contributed by atoms with van der Waals surface area (Å²) >= 11 is 5.79. The first-order valence-electron chi connectivity index (χ1n) is 5.76. The van der Waals surface area contributed by atoms with Gasteiger partial charge >= 0.3 is 5.97 Å². The van der Waals surface area contributed by atoms with Gasteiger partial charge in [-0.2, -0.15) is 4.31 Å². The van der Waals surface area contributed by atoms with Crippen molar-refractivity contribution in [3.8, 4) is 0 Å². The smallest absolute Gasteiger partial charge is 0.307 e. The Hall–Kier alpha value is -1.18. The molecule has 1 atom stereocenters. The van der Waals surface area contributed by atoms with Crippen LogP contribution in [0.4, 0.5) is 0 Å². The van der Waals surface area contributed by atoms with Crippen molar-refractivity contribution in [2.75, 3.05) is 13.1 Å². The molecule has 0 aliphatic carbocycles. The van der Waals surface area contributed by atoms with Gasteiger partial charge in [0, 0.05) is 19.3 Å². The van der Waals surface area contributed by atoms with E-state index in [1.54, 1.807) is 0 Å². The lowest BCUT2D eigenvalue weighted by Crippen LogP contribution is -2.42. The number of hydrogen-bond acceptors (Lipinski definition) is 4. The molecule has 1 fully saturated rings. The number of carboxylic acid groups (broad SMARTS) is 1. The lowest BCUT2D eigenvalue weighted by atomic mass is 10.0. The monoisotopic (exact) mass is 304 g/mol. The van der Waals surface area contributed by atoms with Crippen molar-refractivity contribution in [1.82, 2.24) is 9.29 Å². The van der Waals surface area contributed by atoms with Crippen molar-refractivity contribution >= 4 is 27.6 Å². The van der Waals surface area contributed by atoms with Crippen LogP contribution < -0.4 is 0 Å². The first kappa shape index (κ1) is 14.2. The van der Waals surface area contributed by atoms with Crippen LogP contribution in [0.5, 0.6) is 0 Å². The van der Waals surface area contributed by atoms with Crippen molar-refractivity contribution < 1.29 is 18.3 Å². The molecule has 6 nitrogen and oxygen atoms in total. The molecule has 104 valence electrons. The maximum atomic E-state index is 12.4. The van der Waals surface area contributed by atoms with E-state index in [1.807, 2.05) is 0 Å². The summed E-state index contributed by atoms with van der Waals surface area (Å²) in [6.07, 6.45) is 2.41. The minimum Gasteiger partial charge on any atom is -0.481 e. The molecule has 1 saturated heterocycles. The van der Waals surface area contributed by atoms with Crippen molar-refractivity contribution in [1.29, 1.82) is 0 Å². The Labute approximate surface area is 116 Å². The highest BCUT2D eigenvalue weighted by molar-refractivity contribution is 7.89. The molecule has 1 N–H and O–H groups in total. The molecular weight excluding hydrogens is 292 g/mol. The molecule has 2 rings (SSSR count). The first-order chi connectivity index (χ1) is 8.93. The number of aliphatic carboxylic acids is 1. The average molecular weight is 305 g/mol. The van der Waals surface area contributed by atoms with Gasteiger partial charge in [-0.15, -0.1) is 0 Å². The average Bonchev–Trinajstić information content (AvgIpc) is 2.39. The molecule has 19 heavy (non-hydrogen) atoms. The van der Waals surface area contributed by atoms with Gasteiger partial charge in [0.2, 0.25) is 10.0 Å². The van der Waals surface area contributed by atoms with Crippen LogP contribution in [0.2, 0.25) is 5.15 Å². The highest BCUT2D eigenvalue weighted by atomic mass is 35.5. The zero-order chi connectivity index (χ0) is 14.0. The molecule has 0 bridgehead atoms. The van der Waals surface area contributed by atoms with Crippen LogP contribution in [-0.2, 0) is 14.8 Å². The van der Waals surface area contributed by atoms with Crippen LogP contribution >= 0.6 is 11.6 Å². The van der Waals surface area contributed by atoms with E-state index in [0.29, 0.717) is 19.4 Å². The van der Waals surface area contributed by atoms with Gasteiger partial charge in [-0.3, -0.25) is 4.79 Å². The minimum atomic E-state index is -3.78. The van der Waals surface area contributed by atoms with Gasteiger partial charge in [0.05, 0.1) is 5.92 Å². The highest BCUT2D eigenvalue weighted by Gasteiger charge is 2.34. The molecule has 8 heteroatoms. The van der Waals surface area contributed by atoms with Gasteiger partial charge in [-0.1, -0.05) is 11.6 Å². The summed E-state index contributed by atoms with van der Waals surface area (Å²) in [5.41, 5.74) is 0. The standard InChI is InChI=1S/C11H13ClN2O4S/c12-10-9(4-1-5-13-10)19(17,18)14-6-2-3-8(7-14)11(15)16/h1,4-5,8H,2-3,6-7H2,(H,15,16)/t8-/m1/s1. The van der Waals surface area contributed by atoms with E-state index in [0.717, 1.165) is 4.31 Å². The number of aromatic nitrogens is 1. The molecule has 1 aliphatic heterocycles. The van der Waals surface area contributed by atoms with Crippen LogP contribution in [0.15, 0.2) is 23.2 Å². The second kappa shape index (κ2) is 5.44. The third kappa shape index (κ3) is 2.88. The molecule has 0 amide bonds. The normalized spacial score (nSPS) is 21.2. The fraction of sp³-hybridized carbons (Fsp3) is 0.455. The van der Waals surface area contributed by atoms with E-state index in [9.17, 15) is 13.2 Å². The first-order valence-corrected chi connectivity index (χ1v) is 7.58. The maximum absolute atomic E-state index is 12.4. The predicted molar refractivity (Wildman–Crippen MR) is 68.4 cm³/mol. The number of nitrogens with zero attached hydrogens (tertiary/aromatic N) is 2. The second-order valence-electron chi connectivity index (χ2n) is 4.33. The summed E-state index contributed by atoms with van der Waals surface area (Å²) in [6, 6.07) is 2.85. The topological polar surface area (TPSA) is 87.6 Å². The third-order valence-corrected chi connectivity index (χ3v) is 5.39. The molecule has 0 aromatic carbocycles. The number of pyridine rings is 1. The Morgan fingerprint density at radius 3 is 2.89 bits per heavy atom. The van der Waals surface area contributed by atoms with Crippen LogP contribution in [0.25, 0.3) is 0 Å². The van der Waals surface area contributed by atoms with Gasteiger partial charge in [0.1, 0.15) is 10.0 Å². The van der Waals surface area contributed by atoms with E-state index < -0.39 is 21.9 Å².